The standard InChI is InChI=1S/C9H14F4N4/c1-17-4-6(2-16-17)7(14)3-15-5-9(12,13)8(10)11/h2,4,7-8,15H,3,5,14H2,1H3. The van der Waals surface area contributed by atoms with E-state index in [-0.39, 0.29) is 6.54 Å². The van der Waals surface area contributed by atoms with Gasteiger partial charge in [0.05, 0.1) is 12.7 Å². The zero-order valence-electron chi connectivity index (χ0n) is 9.21. The number of nitrogens with one attached hydrogen (secondary N) is 1. The topological polar surface area (TPSA) is 55.9 Å². The number of aryl methyl sites for hydroxylation is 1. The molecule has 0 amide bonds. The molecule has 0 aliphatic carbocycles. The number of rotatable bonds is 6. The lowest BCUT2D eigenvalue weighted by atomic mass is 10.2. The van der Waals surface area contributed by atoms with Crippen molar-refractivity contribution in [1.29, 1.82) is 0 Å². The van der Waals surface area contributed by atoms with Gasteiger partial charge in [-0.2, -0.15) is 13.9 Å². The van der Waals surface area contributed by atoms with Crippen LogP contribution in [0.4, 0.5) is 17.6 Å². The second-order valence-corrected chi connectivity index (χ2v) is 3.75. The Morgan fingerprint density at radius 1 is 1.53 bits per heavy atom. The highest BCUT2D eigenvalue weighted by atomic mass is 19.3. The van der Waals surface area contributed by atoms with Crippen LogP contribution >= 0.6 is 0 Å². The monoisotopic (exact) mass is 254 g/mol. The van der Waals surface area contributed by atoms with E-state index in [0.717, 1.165) is 0 Å². The van der Waals surface area contributed by atoms with E-state index in [1.54, 1.807) is 13.2 Å². The fraction of sp³-hybridized carbons (Fsp3) is 0.667. The van der Waals surface area contributed by atoms with Crippen molar-refractivity contribution in [2.75, 3.05) is 13.1 Å². The van der Waals surface area contributed by atoms with Crippen LogP contribution in [-0.2, 0) is 7.05 Å². The van der Waals surface area contributed by atoms with E-state index in [1.807, 2.05) is 0 Å². The minimum atomic E-state index is -4.03. The molecule has 0 saturated carbocycles. The Morgan fingerprint density at radius 3 is 2.65 bits per heavy atom. The molecule has 98 valence electrons. The summed E-state index contributed by atoms with van der Waals surface area (Å²) in [6.45, 7) is -1.12. The molecule has 0 aliphatic rings. The molecule has 0 bridgehead atoms. The number of alkyl halides is 4. The quantitative estimate of drug-likeness (QED) is 0.742. The van der Waals surface area contributed by atoms with Gasteiger partial charge >= 0.3 is 12.3 Å². The van der Waals surface area contributed by atoms with Gasteiger partial charge in [0.1, 0.15) is 0 Å². The van der Waals surface area contributed by atoms with Crippen molar-refractivity contribution in [1.82, 2.24) is 15.1 Å². The van der Waals surface area contributed by atoms with E-state index in [1.165, 1.54) is 10.9 Å². The van der Waals surface area contributed by atoms with Crippen LogP contribution in [0.25, 0.3) is 0 Å². The summed E-state index contributed by atoms with van der Waals surface area (Å²) in [7, 11) is 1.69. The van der Waals surface area contributed by atoms with Crippen molar-refractivity contribution in [3.05, 3.63) is 18.0 Å². The molecule has 1 aromatic rings. The third kappa shape index (κ3) is 3.97. The van der Waals surface area contributed by atoms with Crippen LogP contribution in [0, 0.1) is 0 Å². The van der Waals surface area contributed by atoms with Gasteiger partial charge in [0.25, 0.3) is 0 Å². The molecule has 17 heavy (non-hydrogen) atoms. The number of hydrogen-bond acceptors (Lipinski definition) is 3. The maximum atomic E-state index is 12.5. The van der Waals surface area contributed by atoms with Crippen molar-refractivity contribution in [3.8, 4) is 0 Å². The molecule has 4 nitrogen and oxygen atoms in total. The Bertz CT molecular complexity index is 353. The Kier molecular flexibility index (Phi) is 4.47. The number of aromatic nitrogens is 2. The van der Waals surface area contributed by atoms with Gasteiger partial charge in [-0.05, 0) is 0 Å². The molecule has 0 aromatic carbocycles. The summed E-state index contributed by atoms with van der Waals surface area (Å²) in [5.74, 6) is -4.03. The number of hydrogen-bond donors (Lipinski definition) is 2. The van der Waals surface area contributed by atoms with Gasteiger partial charge in [-0.3, -0.25) is 4.68 Å². The number of nitrogens with zero attached hydrogens (tertiary/aromatic N) is 2. The second kappa shape index (κ2) is 5.46. The van der Waals surface area contributed by atoms with Gasteiger partial charge in [0, 0.05) is 31.4 Å². The lowest BCUT2D eigenvalue weighted by Gasteiger charge is -2.17. The highest BCUT2D eigenvalue weighted by Crippen LogP contribution is 2.21. The SMILES string of the molecule is Cn1cc(C(N)CNCC(F)(F)C(F)F)cn1. The minimum absolute atomic E-state index is 0.0198. The summed E-state index contributed by atoms with van der Waals surface area (Å²) in [6, 6.07) is -0.558. The first-order chi connectivity index (χ1) is 7.83. The van der Waals surface area contributed by atoms with Crippen LogP contribution in [0.1, 0.15) is 11.6 Å². The fourth-order valence-corrected chi connectivity index (χ4v) is 1.22. The molecule has 0 saturated heterocycles. The van der Waals surface area contributed by atoms with E-state index < -0.39 is 24.9 Å². The first kappa shape index (κ1) is 13.9. The summed E-state index contributed by atoms with van der Waals surface area (Å²) in [5.41, 5.74) is 6.32. The summed E-state index contributed by atoms with van der Waals surface area (Å²) >= 11 is 0. The molecular formula is C9H14F4N4. The molecule has 1 aromatic heterocycles. The van der Waals surface area contributed by atoms with E-state index in [9.17, 15) is 17.6 Å². The van der Waals surface area contributed by atoms with Crippen molar-refractivity contribution >= 4 is 0 Å². The van der Waals surface area contributed by atoms with Gasteiger partial charge in [-0.1, -0.05) is 0 Å². The Morgan fingerprint density at radius 2 is 2.18 bits per heavy atom. The normalized spacial score (nSPS) is 14.3. The first-order valence-corrected chi connectivity index (χ1v) is 4.93. The lowest BCUT2D eigenvalue weighted by molar-refractivity contribution is -0.125. The van der Waals surface area contributed by atoms with E-state index in [4.69, 9.17) is 5.73 Å². The molecule has 0 radical (unpaired) electrons. The molecule has 1 unspecified atom stereocenters. The maximum absolute atomic E-state index is 12.5. The highest BCUT2D eigenvalue weighted by molar-refractivity contribution is 5.09. The number of halogens is 4. The van der Waals surface area contributed by atoms with Gasteiger partial charge in [0.15, 0.2) is 0 Å². The third-order valence-corrected chi connectivity index (χ3v) is 2.20. The number of nitrogens with two attached hydrogens (primary N) is 1. The Labute approximate surface area is 95.8 Å². The largest absolute Gasteiger partial charge is 0.323 e. The van der Waals surface area contributed by atoms with E-state index >= 15 is 0 Å². The first-order valence-electron chi connectivity index (χ1n) is 4.93. The summed E-state index contributed by atoms with van der Waals surface area (Å²) in [6.07, 6.45) is -0.542. The summed E-state index contributed by atoms with van der Waals surface area (Å²) in [5, 5.41) is 6.09. The van der Waals surface area contributed by atoms with Crippen LogP contribution in [0.3, 0.4) is 0 Å². The Balaban J connectivity index is 2.37. The smallest absolute Gasteiger partial charge is 0.319 e. The van der Waals surface area contributed by atoms with Crippen molar-refractivity contribution in [2.45, 2.75) is 18.4 Å². The van der Waals surface area contributed by atoms with Gasteiger partial charge in [0.2, 0.25) is 0 Å². The summed E-state index contributed by atoms with van der Waals surface area (Å²) < 4.78 is 50.2. The van der Waals surface area contributed by atoms with E-state index in [0.29, 0.717) is 5.56 Å². The van der Waals surface area contributed by atoms with Crippen molar-refractivity contribution < 1.29 is 17.6 Å². The minimum Gasteiger partial charge on any atom is -0.323 e. The molecule has 1 heterocycles. The van der Waals surface area contributed by atoms with Crippen molar-refractivity contribution in [2.24, 2.45) is 12.8 Å². The zero-order valence-corrected chi connectivity index (χ0v) is 9.21. The predicted molar refractivity (Wildman–Crippen MR) is 54.0 cm³/mol. The van der Waals surface area contributed by atoms with E-state index in [2.05, 4.69) is 10.4 Å². The highest BCUT2D eigenvalue weighted by Gasteiger charge is 2.40. The maximum Gasteiger partial charge on any atom is 0.319 e. The molecule has 0 aliphatic heterocycles. The second-order valence-electron chi connectivity index (χ2n) is 3.75. The molecule has 0 spiro atoms. The molecule has 1 rings (SSSR count). The van der Waals surface area contributed by atoms with Crippen LogP contribution in [0.15, 0.2) is 12.4 Å². The van der Waals surface area contributed by atoms with Crippen LogP contribution in [0.2, 0.25) is 0 Å². The van der Waals surface area contributed by atoms with Crippen LogP contribution < -0.4 is 11.1 Å². The lowest BCUT2D eigenvalue weighted by Crippen LogP contribution is -2.41. The van der Waals surface area contributed by atoms with Crippen LogP contribution in [0.5, 0.6) is 0 Å². The molecule has 8 heteroatoms. The molecule has 3 N–H and O–H groups in total. The van der Waals surface area contributed by atoms with Crippen LogP contribution in [-0.4, -0.2) is 35.2 Å². The zero-order chi connectivity index (χ0) is 13.1. The average molecular weight is 254 g/mol. The molecular weight excluding hydrogens is 240 g/mol. The molecule has 1 atom stereocenters. The van der Waals surface area contributed by atoms with Gasteiger partial charge < -0.3 is 11.1 Å². The Hall–Kier alpha value is -1.15. The fourth-order valence-electron chi connectivity index (χ4n) is 1.22. The van der Waals surface area contributed by atoms with Gasteiger partial charge in [-0.25, -0.2) is 8.78 Å². The van der Waals surface area contributed by atoms with Crippen molar-refractivity contribution in [3.63, 3.8) is 0 Å². The third-order valence-electron chi connectivity index (χ3n) is 2.20. The summed E-state index contributed by atoms with van der Waals surface area (Å²) in [4.78, 5) is 0. The average Bonchev–Trinajstić information content (AvgIpc) is 2.64. The predicted octanol–water partition coefficient (Wildman–Crippen LogP) is 0.910. The van der Waals surface area contributed by atoms with Gasteiger partial charge in [-0.15, -0.1) is 0 Å². The molecule has 0 fully saturated rings.